The van der Waals surface area contributed by atoms with Crippen LogP contribution in [0.4, 0.5) is 5.82 Å². The molecule has 2 aliphatic heterocycles. The highest BCUT2D eigenvalue weighted by molar-refractivity contribution is 5.98. The van der Waals surface area contributed by atoms with Crippen molar-refractivity contribution in [2.24, 2.45) is 0 Å². The van der Waals surface area contributed by atoms with Gasteiger partial charge in [0, 0.05) is 44.5 Å². The lowest BCUT2D eigenvalue weighted by Crippen LogP contribution is -2.49. The summed E-state index contributed by atoms with van der Waals surface area (Å²) in [7, 11) is 3.17. The number of benzene rings is 2. The fourth-order valence-corrected chi connectivity index (χ4v) is 5.02. The minimum Gasteiger partial charge on any atom is -0.493 e. The molecule has 8 heteroatoms. The van der Waals surface area contributed by atoms with Gasteiger partial charge < -0.3 is 24.2 Å². The number of carbonyl (C=O) groups is 2. The van der Waals surface area contributed by atoms with Gasteiger partial charge in [-0.2, -0.15) is 0 Å². The molecule has 0 spiro atoms. The van der Waals surface area contributed by atoms with Crippen molar-refractivity contribution in [2.45, 2.75) is 19.0 Å². The number of fused-ring (bicyclic) bond motifs is 1. The van der Waals surface area contributed by atoms with Gasteiger partial charge in [0.25, 0.3) is 5.91 Å². The van der Waals surface area contributed by atoms with E-state index in [9.17, 15) is 9.59 Å². The van der Waals surface area contributed by atoms with Crippen LogP contribution in [0, 0.1) is 0 Å². The van der Waals surface area contributed by atoms with Crippen LogP contribution >= 0.6 is 0 Å². The van der Waals surface area contributed by atoms with Gasteiger partial charge in [0.2, 0.25) is 5.91 Å². The Hall–Kier alpha value is -4.07. The molecular formula is C28H30N4O4. The fourth-order valence-electron chi connectivity index (χ4n) is 5.02. The lowest BCUT2D eigenvalue weighted by atomic mass is 10.00. The summed E-state index contributed by atoms with van der Waals surface area (Å²) in [4.78, 5) is 37.2. The van der Waals surface area contributed by atoms with Crippen molar-refractivity contribution in [2.75, 3.05) is 45.3 Å². The van der Waals surface area contributed by atoms with Gasteiger partial charge in [-0.25, -0.2) is 4.98 Å². The average molecular weight is 487 g/mol. The molecule has 2 aliphatic rings. The van der Waals surface area contributed by atoms with E-state index in [-0.39, 0.29) is 18.2 Å². The Labute approximate surface area is 211 Å². The van der Waals surface area contributed by atoms with E-state index in [4.69, 9.17) is 9.47 Å². The summed E-state index contributed by atoms with van der Waals surface area (Å²) < 4.78 is 10.9. The normalized spacial score (nSPS) is 16.1. The van der Waals surface area contributed by atoms with Crippen LogP contribution in [-0.2, 0) is 11.3 Å². The Balaban J connectivity index is 1.37. The number of rotatable bonds is 7. The zero-order valence-corrected chi connectivity index (χ0v) is 20.6. The molecule has 36 heavy (non-hydrogen) atoms. The maximum absolute atomic E-state index is 13.5. The number of hydrogen-bond donors (Lipinski definition) is 0. The molecular weight excluding hydrogens is 456 g/mol. The number of hydrogen-bond acceptors (Lipinski definition) is 6. The highest BCUT2D eigenvalue weighted by Crippen LogP contribution is 2.37. The van der Waals surface area contributed by atoms with Crippen molar-refractivity contribution in [3.05, 3.63) is 83.6 Å². The molecule has 3 heterocycles. The minimum absolute atomic E-state index is 0.0270. The van der Waals surface area contributed by atoms with Crippen LogP contribution in [-0.4, -0.2) is 67.0 Å². The molecule has 1 unspecified atom stereocenters. The van der Waals surface area contributed by atoms with Crippen molar-refractivity contribution in [3.8, 4) is 11.5 Å². The second-order valence-electron chi connectivity index (χ2n) is 8.98. The van der Waals surface area contributed by atoms with E-state index < -0.39 is 6.04 Å². The Morgan fingerprint density at radius 2 is 1.69 bits per heavy atom. The predicted molar refractivity (Wildman–Crippen MR) is 136 cm³/mol. The number of piperazine rings is 1. The summed E-state index contributed by atoms with van der Waals surface area (Å²) in [6, 6.07) is 18.7. The van der Waals surface area contributed by atoms with Crippen molar-refractivity contribution >= 4 is 17.6 Å². The highest BCUT2D eigenvalue weighted by Gasteiger charge is 2.36. The van der Waals surface area contributed by atoms with E-state index >= 15 is 0 Å². The Morgan fingerprint density at radius 1 is 0.944 bits per heavy atom. The Kier molecular flexibility index (Phi) is 6.75. The van der Waals surface area contributed by atoms with Gasteiger partial charge in [-0.05, 0) is 41.5 Å². The molecule has 5 rings (SSSR count). The van der Waals surface area contributed by atoms with Gasteiger partial charge in [0.1, 0.15) is 5.82 Å². The van der Waals surface area contributed by atoms with E-state index in [2.05, 4.69) is 9.88 Å². The number of amides is 2. The number of methoxy groups -OCH3 is 2. The summed E-state index contributed by atoms with van der Waals surface area (Å²) >= 11 is 0. The number of ether oxygens (including phenoxy) is 2. The standard InChI is InChI=1S/C28H30N4O4/c1-35-24-11-10-20(17-25(24)36-2)23(32-19-21-7-3-4-8-22(21)28(32)34)18-27(33)31-15-13-30(14-16-31)26-9-5-6-12-29-26/h3-12,17,23H,13-16,18-19H2,1-2H3. The molecule has 2 aromatic carbocycles. The number of anilines is 1. The van der Waals surface area contributed by atoms with Crippen molar-refractivity contribution < 1.29 is 19.1 Å². The first kappa shape index (κ1) is 23.7. The third-order valence-corrected chi connectivity index (χ3v) is 6.99. The molecule has 2 amide bonds. The van der Waals surface area contributed by atoms with E-state index in [1.165, 1.54) is 0 Å². The van der Waals surface area contributed by atoms with Gasteiger partial charge in [-0.3, -0.25) is 9.59 Å². The van der Waals surface area contributed by atoms with Crippen LogP contribution in [0.3, 0.4) is 0 Å². The topological polar surface area (TPSA) is 75.2 Å². The SMILES string of the molecule is COc1ccc(C(CC(=O)N2CCN(c3ccccn3)CC2)N2Cc3ccccc3C2=O)cc1OC. The molecule has 8 nitrogen and oxygen atoms in total. The number of nitrogens with zero attached hydrogens (tertiary/aromatic N) is 4. The van der Waals surface area contributed by atoms with Gasteiger partial charge in [-0.15, -0.1) is 0 Å². The van der Waals surface area contributed by atoms with Crippen LogP contribution in [0.5, 0.6) is 11.5 Å². The second-order valence-corrected chi connectivity index (χ2v) is 8.98. The maximum atomic E-state index is 13.5. The number of pyridine rings is 1. The van der Waals surface area contributed by atoms with Gasteiger partial charge in [0.15, 0.2) is 11.5 Å². The number of aromatic nitrogens is 1. The van der Waals surface area contributed by atoms with E-state index in [0.717, 1.165) is 30.0 Å². The van der Waals surface area contributed by atoms with E-state index in [0.29, 0.717) is 36.7 Å². The van der Waals surface area contributed by atoms with Crippen LogP contribution in [0.2, 0.25) is 0 Å². The summed E-state index contributed by atoms with van der Waals surface area (Å²) in [6.45, 7) is 3.13. The van der Waals surface area contributed by atoms with E-state index in [1.54, 1.807) is 25.3 Å². The largest absolute Gasteiger partial charge is 0.493 e. The van der Waals surface area contributed by atoms with Gasteiger partial charge in [0.05, 0.1) is 26.7 Å². The Bertz CT molecular complexity index is 1240. The molecule has 186 valence electrons. The van der Waals surface area contributed by atoms with E-state index in [1.807, 2.05) is 65.6 Å². The van der Waals surface area contributed by atoms with Gasteiger partial charge in [-0.1, -0.05) is 30.3 Å². The third kappa shape index (κ3) is 4.58. The molecule has 0 aliphatic carbocycles. The first-order chi connectivity index (χ1) is 17.6. The first-order valence-electron chi connectivity index (χ1n) is 12.1. The fraction of sp³-hybridized carbons (Fsp3) is 0.321. The smallest absolute Gasteiger partial charge is 0.255 e. The van der Waals surface area contributed by atoms with Crippen LogP contribution in [0.25, 0.3) is 0 Å². The molecule has 1 atom stereocenters. The Morgan fingerprint density at radius 3 is 2.39 bits per heavy atom. The lowest BCUT2D eigenvalue weighted by molar-refractivity contribution is -0.132. The molecule has 1 saturated heterocycles. The molecule has 1 aromatic heterocycles. The zero-order valence-electron chi connectivity index (χ0n) is 20.6. The second kappa shape index (κ2) is 10.3. The number of carbonyl (C=O) groups excluding carboxylic acids is 2. The average Bonchev–Trinajstić information content (AvgIpc) is 3.27. The highest BCUT2D eigenvalue weighted by atomic mass is 16.5. The van der Waals surface area contributed by atoms with Crippen LogP contribution in [0.15, 0.2) is 66.9 Å². The molecule has 0 N–H and O–H groups in total. The predicted octanol–water partition coefficient (Wildman–Crippen LogP) is 3.53. The summed E-state index contributed by atoms with van der Waals surface area (Å²) in [5.41, 5.74) is 2.51. The molecule has 0 bridgehead atoms. The molecule has 3 aromatic rings. The van der Waals surface area contributed by atoms with Crippen LogP contribution < -0.4 is 14.4 Å². The monoisotopic (exact) mass is 486 g/mol. The molecule has 0 radical (unpaired) electrons. The first-order valence-corrected chi connectivity index (χ1v) is 12.1. The maximum Gasteiger partial charge on any atom is 0.255 e. The molecule has 1 fully saturated rings. The quantitative estimate of drug-likeness (QED) is 0.509. The zero-order chi connectivity index (χ0) is 25.1. The minimum atomic E-state index is -0.425. The van der Waals surface area contributed by atoms with Crippen LogP contribution in [0.1, 0.15) is 33.9 Å². The summed E-state index contributed by atoms with van der Waals surface area (Å²) in [5, 5.41) is 0. The van der Waals surface area contributed by atoms with Crippen molar-refractivity contribution in [1.82, 2.24) is 14.8 Å². The van der Waals surface area contributed by atoms with Gasteiger partial charge >= 0.3 is 0 Å². The van der Waals surface area contributed by atoms with Crippen molar-refractivity contribution in [1.29, 1.82) is 0 Å². The molecule has 0 saturated carbocycles. The van der Waals surface area contributed by atoms with Crippen molar-refractivity contribution in [3.63, 3.8) is 0 Å². The summed E-state index contributed by atoms with van der Waals surface area (Å²) in [6.07, 6.45) is 1.98. The summed E-state index contributed by atoms with van der Waals surface area (Å²) in [5.74, 6) is 2.07. The lowest BCUT2D eigenvalue weighted by Gasteiger charge is -2.37. The third-order valence-electron chi connectivity index (χ3n) is 6.99.